The predicted octanol–water partition coefficient (Wildman–Crippen LogP) is 3.89. The first kappa shape index (κ1) is 19.3. The van der Waals surface area contributed by atoms with E-state index >= 15 is 0 Å². The van der Waals surface area contributed by atoms with Gasteiger partial charge in [-0.05, 0) is 68.6 Å². The summed E-state index contributed by atoms with van der Waals surface area (Å²) in [6, 6.07) is 11.5. The molecule has 1 fully saturated rings. The zero-order valence-corrected chi connectivity index (χ0v) is 18.0. The number of nitrogens with one attached hydrogen (secondary N) is 1. The first-order valence-corrected chi connectivity index (χ1v) is 11.0. The summed E-state index contributed by atoms with van der Waals surface area (Å²) in [6.45, 7) is 5.87. The molecular weight excluding hydrogens is 372 g/mol. The number of aromatic nitrogens is 2. The standard InChI is InChI=1S/C25H30N4O/c1-16(2)29-15-18-12-23-21(20-5-4-6-22(29)24(18)20)11-19(14-28(23)3)25(30)27-13-17-7-9-26-10-8-17/h4-10,15-16,19,21,23H,11-14H2,1-3H3,(H,27,30)/t19?,21-,23-/m1/s1. The largest absolute Gasteiger partial charge is 0.352 e. The van der Waals surface area contributed by atoms with Crippen LogP contribution in [0, 0.1) is 5.92 Å². The van der Waals surface area contributed by atoms with Gasteiger partial charge in [0.1, 0.15) is 0 Å². The first-order valence-electron chi connectivity index (χ1n) is 11.0. The van der Waals surface area contributed by atoms with Gasteiger partial charge < -0.3 is 14.8 Å². The number of piperidine rings is 1. The van der Waals surface area contributed by atoms with Crippen LogP contribution in [0.2, 0.25) is 0 Å². The molecule has 1 unspecified atom stereocenters. The molecule has 1 N–H and O–H groups in total. The molecule has 3 atom stereocenters. The van der Waals surface area contributed by atoms with E-state index in [1.54, 1.807) is 12.4 Å². The molecule has 30 heavy (non-hydrogen) atoms. The summed E-state index contributed by atoms with van der Waals surface area (Å²) in [6.07, 6.45) is 7.88. The number of likely N-dealkylation sites (tertiary alicyclic amines) is 1. The van der Waals surface area contributed by atoms with Crippen molar-refractivity contribution < 1.29 is 4.79 Å². The van der Waals surface area contributed by atoms with Crippen LogP contribution in [0.3, 0.4) is 0 Å². The van der Waals surface area contributed by atoms with E-state index in [4.69, 9.17) is 0 Å². The summed E-state index contributed by atoms with van der Waals surface area (Å²) < 4.78 is 2.41. The van der Waals surface area contributed by atoms with E-state index in [2.05, 4.69) is 65.1 Å². The van der Waals surface area contributed by atoms with Crippen molar-refractivity contribution in [3.63, 3.8) is 0 Å². The van der Waals surface area contributed by atoms with Crippen molar-refractivity contribution in [2.24, 2.45) is 5.92 Å². The van der Waals surface area contributed by atoms with Crippen LogP contribution < -0.4 is 5.32 Å². The van der Waals surface area contributed by atoms with Crippen LogP contribution in [0.4, 0.5) is 0 Å². The Hall–Kier alpha value is -2.66. The SMILES string of the molecule is CC(C)n1cc2c3c(cccc31)[C@H]1CC(C(=O)NCc3ccncc3)CN(C)[C@@H]1C2. The Kier molecular flexibility index (Phi) is 4.86. The lowest BCUT2D eigenvalue weighted by Crippen LogP contribution is -2.51. The van der Waals surface area contributed by atoms with E-state index in [1.807, 2.05) is 12.1 Å². The van der Waals surface area contributed by atoms with Crippen LogP contribution in [0.1, 0.15) is 48.9 Å². The average molecular weight is 403 g/mol. The van der Waals surface area contributed by atoms with Crippen molar-refractivity contribution >= 4 is 16.8 Å². The molecular formula is C25H30N4O. The number of carbonyl (C=O) groups excluding carboxylic acids is 1. The molecule has 2 aliphatic rings. The van der Waals surface area contributed by atoms with Gasteiger partial charge in [-0.2, -0.15) is 0 Å². The maximum Gasteiger partial charge on any atom is 0.224 e. The molecule has 3 aromatic rings. The van der Waals surface area contributed by atoms with Gasteiger partial charge in [-0.1, -0.05) is 12.1 Å². The molecule has 5 nitrogen and oxygen atoms in total. The molecule has 1 aliphatic heterocycles. The second kappa shape index (κ2) is 7.55. The van der Waals surface area contributed by atoms with E-state index in [0.29, 0.717) is 24.5 Å². The molecule has 0 radical (unpaired) electrons. The minimum atomic E-state index is 0.0158. The normalized spacial score (nSPS) is 23.5. The highest BCUT2D eigenvalue weighted by Gasteiger charge is 2.41. The Labute approximate surface area is 178 Å². The van der Waals surface area contributed by atoms with Gasteiger partial charge in [-0.15, -0.1) is 0 Å². The second-order valence-corrected chi connectivity index (χ2v) is 9.22. The molecule has 0 bridgehead atoms. The quantitative estimate of drug-likeness (QED) is 0.720. The molecule has 1 amide bonds. The Morgan fingerprint density at radius 2 is 2.03 bits per heavy atom. The molecule has 0 saturated carbocycles. The number of fused-ring (bicyclic) bond motifs is 2. The summed E-state index contributed by atoms with van der Waals surface area (Å²) in [5, 5.41) is 4.58. The fraction of sp³-hybridized carbons (Fsp3) is 0.440. The van der Waals surface area contributed by atoms with Gasteiger partial charge in [-0.3, -0.25) is 9.78 Å². The van der Waals surface area contributed by atoms with Gasteiger partial charge in [0.25, 0.3) is 0 Å². The lowest BCUT2D eigenvalue weighted by molar-refractivity contribution is -0.127. The Bertz CT molecular complexity index is 1070. The van der Waals surface area contributed by atoms with Crippen LogP contribution in [-0.4, -0.2) is 40.0 Å². The first-order chi connectivity index (χ1) is 14.5. The van der Waals surface area contributed by atoms with Crippen molar-refractivity contribution in [3.8, 4) is 0 Å². The predicted molar refractivity (Wildman–Crippen MR) is 119 cm³/mol. The number of benzene rings is 1. The molecule has 5 heteroatoms. The van der Waals surface area contributed by atoms with E-state index in [0.717, 1.165) is 24.9 Å². The van der Waals surface area contributed by atoms with Crippen LogP contribution in [0.15, 0.2) is 48.9 Å². The van der Waals surface area contributed by atoms with Crippen LogP contribution in [0.25, 0.3) is 10.9 Å². The molecule has 3 heterocycles. The van der Waals surface area contributed by atoms with E-state index in [-0.39, 0.29) is 11.8 Å². The monoisotopic (exact) mass is 402 g/mol. The number of nitrogens with zero attached hydrogens (tertiary/aromatic N) is 3. The minimum absolute atomic E-state index is 0.0158. The van der Waals surface area contributed by atoms with Crippen molar-refractivity contribution in [1.29, 1.82) is 0 Å². The maximum atomic E-state index is 13.0. The number of carbonyl (C=O) groups is 1. The van der Waals surface area contributed by atoms with Gasteiger partial charge in [0.15, 0.2) is 0 Å². The Morgan fingerprint density at radius 1 is 1.23 bits per heavy atom. The molecule has 1 aromatic carbocycles. The highest BCUT2D eigenvalue weighted by molar-refractivity contribution is 5.89. The van der Waals surface area contributed by atoms with Gasteiger partial charge in [0.05, 0.1) is 5.92 Å². The maximum absolute atomic E-state index is 13.0. The number of rotatable bonds is 4. The third-order valence-corrected chi connectivity index (χ3v) is 7.02. The smallest absolute Gasteiger partial charge is 0.224 e. The fourth-order valence-electron chi connectivity index (χ4n) is 5.53. The van der Waals surface area contributed by atoms with Crippen LogP contribution in [0.5, 0.6) is 0 Å². The number of likely N-dealkylation sites (N-methyl/N-ethyl adjacent to an activating group) is 1. The summed E-state index contributed by atoms with van der Waals surface area (Å²) in [5.74, 6) is 0.580. The topological polar surface area (TPSA) is 50.2 Å². The fourth-order valence-corrected chi connectivity index (χ4v) is 5.53. The number of pyridine rings is 1. The summed E-state index contributed by atoms with van der Waals surface area (Å²) in [5.41, 5.74) is 5.31. The number of hydrogen-bond donors (Lipinski definition) is 1. The number of amides is 1. The number of hydrogen-bond acceptors (Lipinski definition) is 3. The zero-order chi connectivity index (χ0) is 20.8. The molecule has 0 spiro atoms. The van der Waals surface area contributed by atoms with Crippen molar-refractivity contribution in [2.45, 2.75) is 51.2 Å². The van der Waals surface area contributed by atoms with Crippen LogP contribution in [-0.2, 0) is 17.8 Å². The van der Waals surface area contributed by atoms with Crippen molar-refractivity contribution in [3.05, 3.63) is 65.6 Å². The van der Waals surface area contributed by atoms with Gasteiger partial charge >= 0.3 is 0 Å². The average Bonchev–Trinajstić information content (AvgIpc) is 3.13. The molecule has 1 saturated heterocycles. The Morgan fingerprint density at radius 3 is 2.80 bits per heavy atom. The van der Waals surface area contributed by atoms with E-state index in [9.17, 15) is 4.79 Å². The molecule has 156 valence electrons. The highest BCUT2D eigenvalue weighted by atomic mass is 16.1. The van der Waals surface area contributed by atoms with E-state index < -0.39 is 0 Å². The molecule has 1 aliphatic carbocycles. The summed E-state index contributed by atoms with van der Waals surface area (Å²) >= 11 is 0. The zero-order valence-electron chi connectivity index (χ0n) is 18.0. The van der Waals surface area contributed by atoms with Crippen molar-refractivity contribution in [1.82, 2.24) is 19.8 Å². The van der Waals surface area contributed by atoms with Crippen LogP contribution >= 0.6 is 0 Å². The lowest BCUT2D eigenvalue weighted by Gasteiger charge is -2.45. The van der Waals surface area contributed by atoms with Crippen molar-refractivity contribution in [2.75, 3.05) is 13.6 Å². The highest BCUT2D eigenvalue weighted by Crippen LogP contribution is 2.45. The molecule has 2 aromatic heterocycles. The third kappa shape index (κ3) is 3.21. The van der Waals surface area contributed by atoms with Gasteiger partial charge in [0, 0.05) is 60.6 Å². The van der Waals surface area contributed by atoms with Gasteiger partial charge in [0.2, 0.25) is 5.91 Å². The lowest BCUT2D eigenvalue weighted by atomic mass is 9.72. The van der Waals surface area contributed by atoms with Gasteiger partial charge in [-0.25, -0.2) is 0 Å². The molecule has 5 rings (SSSR count). The van der Waals surface area contributed by atoms with E-state index in [1.165, 1.54) is 22.0 Å². The summed E-state index contributed by atoms with van der Waals surface area (Å²) in [4.78, 5) is 19.5. The third-order valence-electron chi connectivity index (χ3n) is 7.02. The minimum Gasteiger partial charge on any atom is -0.352 e. The Balaban J connectivity index is 1.41. The second-order valence-electron chi connectivity index (χ2n) is 9.22. The summed E-state index contributed by atoms with van der Waals surface area (Å²) in [7, 11) is 2.19.